The average molecular weight is 576 g/mol. The molecule has 10 aromatic rings. The smallest absolute Gasteiger partial charge is 0.136 e. The maximum absolute atomic E-state index is 6.19. The molecule has 0 amide bonds. The number of para-hydroxylation sites is 2. The van der Waals surface area contributed by atoms with Gasteiger partial charge in [0.2, 0.25) is 0 Å². The lowest BCUT2D eigenvalue weighted by Crippen LogP contribution is -2.10. The maximum atomic E-state index is 6.19. The molecule has 45 heavy (non-hydrogen) atoms. The van der Waals surface area contributed by atoms with Gasteiger partial charge in [-0.2, -0.15) is 0 Å². The molecule has 0 unspecified atom stereocenters. The van der Waals surface area contributed by atoms with E-state index in [0.29, 0.717) is 0 Å². The van der Waals surface area contributed by atoms with E-state index in [0.717, 1.165) is 60.9 Å². The fourth-order valence-corrected chi connectivity index (χ4v) is 7.09. The largest absolute Gasteiger partial charge is 0.456 e. The molecular weight excluding hydrogens is 550 g/mol. The third kappa shape index (κ3) is 3.65. The first-order valence-electron chi connectivity index (χ1n) is 15.3. The van der Waals surface area contributed by atoms with Crippen molar-refractivity contribution in [3.05, 3.63) is 152 Å². The summed E-state index contributed by atoms with van der Waals surface area (Å²) in [5, 5.41) is 11.7. The number of fused-ring (bicyclic) bond motifs is 10. The van der Waals surface area contributed by atoms with E-state index in [4.69, 9.17) is 8.83 Å². The third-order valence-electron chi connectivity index (χ3n) is 9.20. The van der Waals surface area contributed by atoms with Crippen molar-refractivity contribution in [1.82, 2.24) is 0 Å². The van der Waals surface area contributed by atoms with Gasteiger partial charge in [-0.1, -0.05) is 91.0 Å². The zero-order valence-electron chi connectivity index (χ0n) is 24.2. The summed E-state index contributed by atoms with van der Waals surface area (Å²) in [5.74, 6) is 0. The molecule has 10 rings (SSSR count). The number of furan rings is 2. The van der Waals surface area contributed by atoms with Crippen LogP contribution in [-0.4, -0.2) is 0 Å². The lowest BCUT2D eigenvalue weighted by atomic mass is 9.98. The van der Waals surface area contributed by atoms with Crippen molar-refractivity contribution >= 4 is 93.3 Å². The van der Waals surface area contributed by atoms with Gasteiger partial charge in [-0.15, -0.1) is 0 Å². The van der Waals surface area contributed by atoms with Gasteiger partial charge >= 0.3 is 0 Å². The summed E-state index contributed by atoms with van der Waals surface area (Å²) in [6.45, 7) is 0. The van der Waals surface area contributed by atoms with Crippen molar-refractivity contribution in [3.63, 3.8) is 0 Å². The van der Waals surface area contributed by atoms with Crippen LogP contribution < -0.4 is 4.90 Å². The highest BCUT2D eigenvalue weighted by atomic mass is 16.3. The summed E-state index contributed by atoms with van der Waals surface area (Å²) >= 11 is 0. The minimum atomic E-state index is 0.890. The summed E-state index contributed by atoms with van der Waals surface area (Å²) < 4.78 is 12.4. The lowest BCUT2D eigenvalue weighted by molar-refractivity contribution is 0.669. The normalized spacial score (nSPS) is 12.0. The zero-order chi connectivity index (χ0) is 29.5. The summed E-state index contributed by atoms with van der Waals surface area (Å²) in [7, 11) is 0. The molecule has 2 aromatic heterocycles. The predicted molar refractivity (Wildman–Crippen MR) is 188 cm³/mol. The first kappa shape index (κ1) is 24.4. The molecule has 0 bridgehead atoms. The molecule has 0 radical (unpaired) electrons. The van der Waals surface area contributed by atoms with E-state index < -0.39 is 0 Å². The molecule has 2 heterocycles. The SMILES string of the molecule is c1ccc2c(N(c3ccc4c(ccc5cc6oc7ccccc7c6cc54)c3)c3ccc4oc5ccccc5c4c3)cccc2c1. The Morgan fingerprint density at radius 1 is 0.311 bits per heavy atom. The van der Waals surface area contributed by atoms with Gasteiger partial charge in [0.25, 0.3) is 0 Å². The highest BCUT2D eigenvalue weighted by Gasteiger charge is 2.18. The molecule has 0 spiro atoms. The molecule has 0 saturated carbocycles. The van der Waals surface area contributed by atoms with Crippen molar-refractivity contribution in [1.29, 1.82) is 0 Å². The number of benzene rings is 8. The highest BCUT2D eigenvalue weighted by Crippen LogP contribution is 2.43. The van der Waals surface area contributed by atoms with E-state index in [-0.39, 0.29) is 0 Å². The van der Waals surface area contributed by atoms with E-state index in [1.165, 1.54) is 32.3 Å². The van der Waals surface area contributed by atoms with Crippen molar-refractivity contribution in [2.45, 2.75) is 0 Å². The van der Waals surface area contributed by atoms with Crippen molar-refractivity contribution in [3.8, 4) is 0 Å². The number of hydrogen-bond donors (Lipinski definition) is 0. The van der Waals surface area contributed by atoms with Crippen molar-refractivity contribution < 1.29 is 8.83 Å². The summed E-state index contributed by atoms with van der Waals surface area (Å²) in [5.41, 5.74) is 6.94. The Morgan fingerprint density at radius 2 is 0.911 bits per heavy atom. The summed E-state index contributed by atoms with van der Waals surface area (Å²) in [6, 6.07) is 53.9. The van der Waals surface area contributed by atoms with Gasteiger partial charge in [0, 0.05) is 38.3 Å². The predicted octanol–water partition coefficient (Wildman–Crippen LogP) is 12.4. The Bertz CT molecular complexity index is 2780. The van der Waals surface area contributed by atoms with Crippen LogP contribution in [0.25, 0.3) is 76.2 Å². The number of nitrogens with zero attached hydrogens (tertiary/aromatic N) is 1. The second-order valence-corrected chi connectivity index (χ2v) is 11.8. The standard InChI is InChI=1S/C42H25NO2/c1-2-10-32-26(8-1)9-7-13-38(32)43(30-19-21-41-36(24-30)33-11-3-5-14-39(33)44-41)29-18-20-31-27(22-29)16-17-28-23-42-37(25-35(28)31)34-12-4-6-15-40(34)45-42/h1-25H. The van der Waals surface area contributed by atoms with Crippen molar-refractivity contribution in [2.24, 2.45) is 0 Å². The van der Waals surface area contributed by atoms with Crippen LogP contribution >= 0.6 is 0 Å². The van der Waals surface area contributed by atoms with Gasteiger partial charge in [-0.05, 0) is 87.6 Å². The molecule has 3 nitrogen and oxygen atoms in total. The van der Waals surface area contributed by atoms with Crippen LogP contribution in [0, 0.1) is 0 Å². The lowest BCUT2D eigenvalue weighted by Gasteiger charge is -2.27. The Balaban J connectivity index is 1.22. The molecule has 8 aromatic carbocycles. The van der Waals surface area contributed by atoms with E-state index in [9.17, 15) is 0 Å². The number of hydrogen-bond acceptors (Lipinski definition) is 3. The Hall–Kier alpha value is -6.06. The van der Waals surface area contributed by atoms with Gasteiger partial charge in [-0.3, -0.25) is 0 Å². The fourth-order valence-electron chi connectivity index (χ4n) is 7.09. The van der Waals surface area contributed by atoms with Crippen LogP contribution in [0.1, 0.15) is 0 Å². The van der Waals surface area contributed by atoms with Gasteiger partial charge in [0.15, 0.2) is 0 Å². The molecule has 0 aliphatic rings. The second-order valence-electron chi connectivity index (χ2n) is 11.8. The van der Waals surface area contributed by atoms with Gasteiger partial charge < -0.3 is 13.7 Å². The molecule has 0 aliphatic heterocycles. The van der Waals surface area contributed by atoms with Crippen LogP contribution in [0.2, 0.25) is 0 Å². The van der Waals surface area contributed by atoms with E-state index >= 15 is 0 Å². The number of anilines is 3. The summed E-state index contributed by atoms with van der Waals surface area (Å²) in [4.78, 5) is 2.37. The second kappa shape index (κ2) is 9.22. The third-order valence-corrected chi connectivity index (χ3v) is 9.20. The van der Waals surface area contributed by atoms with E-state index in [1.807, 2.05) is 24.3 Å². The molecular formula is C42H25NO2. The molecule has 210 valence electrons. The van der Waals surface area contributed by atoms with E-state index in [1.54, 1.807) is 0 Å². The highest BCUT2D eigenvalue weighted by molar-refractivity contribution is 6.17. The monoisotopic (exact) mass is 575 g/mol. The molecule has 0 fully saturated rings. The Morgan fingerprint density at radius 3 is 1.73 bits per heavy atom. The van der Waals surface area contributed by atoms with Crippen LogP contribution in [0.3, 0.4) is 0 Å². The van der Waals surface area contributed by atoms with Crippen LogP contribution in [0.5, 0.6) is 0 Å². The Kier molecular flexibility index (Phi) is 5.00. The minimum Gasteiger partial charge on any atom is -0.456 e. The van der Waals surface area contributed by atoms with Crippen molar-refractivity contribution in [2.75, 3.05) is 4.90 Å². The quantitative estimate of drug-likeness (QED) is 0.196. The summed E-state index contributed by atoms with van der Waals surface area (Å²) in [6.07, 6.45) is 0. The average Bonchev–Trinajstić information content (AvgIpc) is 3.65. The van der Waals surface area contributed by atoms with Crippen LogP contribution in [0.4, 0.5) is 17.1 Å². The molecule has 3 heteroatoms. The van der Waals surface area contributed by atoms with Crippen LogP contribution in [0.15, 0.2) is 160 Å². The maximum Gasteiger partial charge on any atom is 0.136 e. The molecule has 0 saturated heterocycles. The topological polar surface area (TPSA) is 29.5 Å². The van der Waals surface area contributed by atoms with Gasteiger partial charge in [0.1, 0.15) is 22.3 Å². The van der Waals surface area contributed by atoms with Crippen LogP contribution in [-0.2, 0) is 0 Å². The number of rotatable bonds is 3. The minimum absolute atomic E-state index is 0.890. The van der Waals surface area contributed by atoms with Gasteiger partial charge in [0.05, 0.1) is 5.69 Å². The fraction of sp³-hybridized carbons (Fsp3) is 0. The first-order chi connectivity index (χ1) is 22.3. The van der Waals surface area contributed by atoms with Gasteiger partial charge in [-0.25, -0.2) is 0 Å². The Labute approximate surface area is 258 Å². The first-order valence-corrected chi connectivity index (χ1v) is 15.3. The van der Waals surface area contributed by atoms with E-state index in [2.05, 4.69) is 132 Å². The zero-order valence-corrected chi connectivity index (χ0v) is 24.2. The molecule has 0 atom stereocenters. The molecule has 0 N–H and O–H groups in total. The molecule has 0 aliphatic carbocycles.